The number of rotatable bonds is 5. The Morgan fingerprint density at radius 2 is 2.13 bits per heavy atom. The highest BCUT2D eigenvalue weighted by molar-refractivity contribution is 5.48. The van der Waals surface area contributed by atoms with E-state index in [2.05, 4.69) is 19.9 Å². The lowest BCUT2D eigenvalue weighted by Gasteiger charge is -2.14. The lowest BCUT2D eigenvalue weighted by Crippen LogP contribution is -2.02. The van der Waals surface area contributed by atoms with Crippen LogP contribution in [0.25, 0.3) is 0 Å². The topological polar surface area (TPSA) is 35.2 Å². The minimum Gasteiger partial charge on any atom is -0.399 e. The molecule has 1 atom stereocenters. The minimum atomic E-state index is 0.138. The third kappa shape index (κ3) is 3.56. The number of hydrogen-bond acceptors (Lipinski definition) is 2. The molecule has 2 heteroatoms. The Hall–Kier alpha value is -1.02. The molecule has 2 N–H and O–H groups in total. The van der Waals surface area contributed by atoms with E-state index < -0.39 is 0 Å². The molecule has 0 saturated heterocycles. The highest BCUT2D eigenvalue weighted by Gasteiger charge is 2.06. The van der Waals surface area contributed by atoms with E-state index >= 15 is 0 Å². The third-order valence-electron chi connectivity index (χ3n) is 2.64. The van der Waals surface area contributed by atoms with Crippen molar-refractivity contribution in [1.29, 1.82) is 0 Å². The maximum atomic E-state index is 5.86. The third-order valence-corrected chi connectivity index (χ3v) is 2.64. The fraction of sp³-hybridized carbons (Fsp3) is 0.538. The van der Waals surface area contributed by atoms with Crippen LogP contribution in [0, 0.1) is 6.92 Å². The van der Waals surface area contributed by atoms with Gasteiger partial charge in [-0.25, -0.2) is 0 Å². The highest BCUT2D eigenvalue weighted by atomic mass is 16.5. The Morgan fingerprint density at radius 1 is 1.40 bits per heavy atom. The van der Waals surface area contributed by atoms with Gasteiger partial charge in [0.15, 0.2) is 0 Å². The Labute approximate surface area is 92.4 Å². The van der Waals surface area contributed by atoms with Crippen LogP contribution >= 0.6 is 0 Å². The molecule has 0 aliphatic heterocycles. The molecule has 15 heavy (non-hydrogen) atoms. The van der Waals surface area contributed by atoms with Crippen molar-refractivity contribution < 1.29 is 4.74 Å². The Balaban J connectivity index is 2.57. The van der Waals surface area contributed by atoms with Gasteiger partial charge in [-0.2, -0.15) is 0 Å². The van der Waals surface area contributed by atoms with Gasteiger partial charge in [-0.15, -0.1) is 0 Å². The van der Waals surface area contributed by atoms with E-state index in [4.69, 9.17) is 10.5 Å². The molecule has 1 aromatic carbocycles. The maximum absolute atomic E-state index is 5.86. The van der Waals surface area contributed by atoms with Crippen molar-refractivity contribution >= 4 is 5.69 Å². The van der Waals surface area contributed by atoms with E-state index in [9.17, 15) is 0 Å². The van der Waals surface area contributed by atoms with Gasteiger partial charge in [0.2, 0.25) is 0 Å². The molecular formula is C13H21NO. The fourth-order valence-corrected chi connectivity index (χ4v) is 1.41. The van der Waals surface area contributed by atoms with E-state index in [0.29, 0.717) is 0 Å². The zero-order chi connectivity index (χ0) is 11.3. The smallest absolute Gasteiger partial charge is 0.0797 e. The van der Waals surface area contributed by atoms with E-state index in [1.54, 1.807) is 0 Å². The van der Waals surface area contributed by atoms with E-state index in [1.165, 1.54) is 6.42 Å². The summed E-state index contributed by atoms with van der Waals surface area (Å²) in [6.45, 7) is 7.07. The van der Waals surface area contributed by atoms with Crippen LogP contribution in [0.5, 0.6) is 0 Å². The van der Waals surface area contributed by atoms with Gasteiger partial charge in [-0.1, -0.05) is 25.5 Å². The number of nitrogen functional groups attached to an aromatic ring is 1. The first-order valence-electron chi connectivity index (χ1n) is 5.62. The lowest BCUT2D eigenvalue weighted by molar-refractivity contribution is 0.0637. The summed E-state index contributed by atoms with van der Waals surface area (Å²) in [5, 5.41) is 0. The second-order valence-electron chi connectivity index (χ2n) is 3.98. The normalized spacial score (nSPS) is 12.7. The summed E-state index contributed by atoms with van der Waals surface area (Å²) in [5.41, 5.74) is 8.99. The predicted octanol–water partition coefficient (Wildman–Crippen LogP) is 3.45. The number of anilines is 1. The molecule has 0 bridgehead atoms. The summed E-state index contributed by atoms with van der Waals surface area (Å²) in [6, 6.07) is 6.14. The second-order valence-corrected chi connectivity index (χ2v) is 3.98. The van der Waals surface area contributed by atoms with Crippen molar-refractivity contribution in [1.82, 2.24) is 0 Å². The monoisotopic (exact) mass is 207 g/mol. The Bertz CT molecular complexity index is 309. The molecule has 0 aromatic heterocycles. The number of hydrogen-bond donors (Lipinski definition) is 1. The zero-order valence-electron chi connectivity index (χ0n) is 9.92. The molecule has 0 spiro atoms. The molecule has 1 aromatic rings. The van der Waals surface area contributed by atoms with Crippen LogP contribution in [0.1, 0.15) is 43.9 Å². The number of unbranched alkanes of at least 4 members (excludes halogenated alkanes) is 1. The lowest BCUT2D eigenvalue weighted by atomic mass is 10.1. The minimum absolute atomic E-state index is 0.138. The van der Waals surface area contributed by atoms with Crippen molar-refractivity contribution in [2.75, 3.05) is 12.3 Å². The molecule has 0 heterocycles. The van der Waals surface area contributed by atoms with Crippen molar-refractivity contribution in [2.24, 2.45) is 0 Å². The molecule has 0 radical (unpaired) electrons. The van der Waals surface area contributed by atoms with Crippen LogP contribution in [0.4, 0.5) is 5.69 Å². The van der Waals surface area contributed by atoms with Crippen LogP contribution in [0.15, 0.2) is 18.2 Å². The fourth-order valence-electron chi connectivity index (χ4n) is 1.41. The van der Waals surface area contributed by atoms with Gasteiger partial charge < -0.3 is 10.5 Å². The molecule has 0 fully saturated rings. The SMILES string of the molecule is CCCCO[C@@H](C)c1ccc(C)c(N)c1. The van der Waals surface area contributed by atoms with Gasteiger partial charge in [0.05, 0.1) is 6.10 Å². The summed E-state index contributed by atoms with van der Waals surface area (Å²) >= 11 is 0. The zero-order valence-corrected chi connectivity index (χ0v) is 9.92. The summed E-state index contributed by atoms with van der Waals surface area (Å²) in [4.78, 5) is 0. The van der Waals surface area contributed by atoms with Gasteiger partial charge in [-0.05, 0) is 37.5 Å². The van der Waals surface area contributed by atoms with Crippen molar-refractivity contribution in [2.45, 2.75) is 39.7 Å². The molecule has 0 aliphatic carbocycles. The predicted molar refractivity (Wildman–Crippen MR) is 64.9 cm³/mol. The average molecular weight is 207 g/mol. The summed E-state index contributed by atoms with van der Waals surface area (Å²) in [6.07, 6.45) is 2.42. The summed E-state index contributed by atoms with van der Waals surface area (Å²) < 4.78 is 5.71. The molecule has 0 unspecified atom stereocenters. The highest BCUT2D eigenvalue weighted by Crippen LogP contribution is 2.21. The van der Waals surface area contributed by atoms with Gasteiger partial charge in [0.1, 0.15) is 0 Å². The van der Waals surface area contributed by atoms with Gasteiger partial charge in [-0.3, -0.25) is 0 Å². The maximum Gasteiger partial charge on any atom is 0.0797 e. The quantitative estimate of drug-likeness (QED) is 0.593. The Kier molecular flexibility index (Phi) is 4.63. The molecule has 2 nitrogen and oxygen atoms in total. The molecule has 0 saturated carbocycles. The molecule has 1 rings (SSSR count). The van der Waals surface area contributed by atoms with Gasteiger partial charge in [0, 0.05) is 12.3 Å². The number of aryl methyl sites for hydroxylation is 1. The van der Waals surface area contributed by atoms with Crippen LogP contribution in [-0.2, 0) is 4.74 Å². The molecule has 84 valence electrons. The van der Waals surface area contributed by atoms with Crippen molar-refractivity contribution in [3.05, 3.63) is 29.3 Å². The van der Waals surface area contributed by atoms with Crippen molar-refractivity contribution in [3.8, 4) is 0 Å². The number of nitrogens with two attached hydrogens (primary N) is 1. The average Bonchev–Trinajstić information content (AvgIpc) is 2.22. The van der Waals surface area contributed by atoms with Crippen LogP contribution in [0.3, 0.4) is 0 Å². The van der Waals surface area contributed by atoms with Gasteiger partial charge >= 0.3 is 0 Å². The van der Waals surface area contributed by atoms with Crippen LogP contribution in [-0.4, -0.2) is 6.61 Å². The standard InChI is InChI=1S/C13H21NO/c1-4-5-8-15-11(3)12-7-6-10(2)13(14)9-12/h6-7,9,11H,4-5,8,14H2,1-3H3/t11-/m0/s1. The molecule has 0 amide bonds. The van der Waals surface area contributed by atoms with E-state index in [0.717, 1.165) is 29.8 Å². The first-order chi connectivity index (χ1) is 7.15. The first-order valence-corrected chi connectivity index (χ1v) is 5.62. The van der Waals surface area contributed by atoms with Crippen LogP contribution < -0.4 is 5.73 Å². The Morgan fingerprint density at radius 3 is 2.73 bits per heavy atom. The summed E-state index contributed by atoms with van der Waals surface area (Å²) in [7, 11) is 0. The largest absolute Gasteiger partial charge is 0.399 e. The second kappa shape index (κ2) is 5.76. The molecule has 0 aliphatic rings. The number of ether oxygens (including phenoxy) is 1. The van der Waals surface area contributed by atoms with E-state index in [-0.39, 0.29) is 6.10 Å². The van der Waals surface area contributed by atoms with Crippen LogP contribution in [0.2, 0.25) is 0 Å². The van der Waals surface area contributed by atoms with Crippen molar-refractivity contribution in [3.63, 3.8) is 0 Å². The summed E-state index contributed by atoms with van der Waals surface area (Å²) in [5.74, 6) is 0. The van der Waals surface area contributed by atoms with E-state index in [1.807, 2.05) is 19.1 Å². The number of benzene rings is 1. The van der Waals surface area contributed by atoms with Gasteiger partial charge in [0.25, 0.3) is 0 Å². The first kappa shape index (κ1) is 12.1. The molecular weight excluding hydrogens is 186 g/mol.